The van der Waals surface area contributed by atoms with Crippen molar-refractivity contribution in [1.82, 2.24) is 4.31 Å². The molecule has 1 rings (SSSR count). The first-order chi connectivity index (χ1) is 8.52. The zero-order valence-electron chi connectivity index (χ0n) is 10.5. The van der Waals surface area contributed by atoms with Crippen molar-refractivity contribution in [3.8, 4) is 11.8 Å². The fraction of sp³-hybridized carbons (Fsp3) is 0.385. The van der Waals surface area contributed by atoms with Crippen LogP contribution in [-0.2, 0) is 10.0 Å². The summed E-state index contributed by atoms with van der Waals surface area (Å²) in [5.41, 5.74) is 0.682. The van der Waals surface area contributed by atoms with E-state index in [-0.39, 0.29) is 11.5 Å². The topological polar surface area (TPSA) is 57.6 Å². The Morgan fingerprint density at radius 1 is 1.28 bits per heavy atom. The molecule has 98 valence electrons. The molecule has 0 heterocycles. The van der Waals surface area contributed by atoms with Gasteiger partial charge < -0.3 is 5.11 Å². The summed E-state index contributed by atoms with van der Waals surface area (Å²) in [6.07, 6.45) is 0.774. The zero-order valence-corrected chi connectivity index (χ0v) is 11.4. The van der Waals surface area contributed by atoms with E-state index in [2.05, 4.69) is 11.8 Å². The molecule has 0 spiro atoms. The van der Waals surface area contributed by atoms with E-state index in [4.69, 9.17) is 5.11 Å². The molecule has 0 saturated heterocycles. The first kappa shape index (κ1) is 14.7. The average Bonchev–Trinajstić information content (AvgIpc) is 2.37. The Bertz CT molecular complexity index is 538. The van der Waals surface area contributed by atoms with E-state index in [1.165, 1.54) is 16.4 Å². The fourth-order valence-electron chi connectivity index (χ4n) is 1.47. The van der Waals surface area contributed by atoms with Gasteiger partial charge in [0.1, 0.15) is 6.61 Å². The summed E-state index contributed by atoms with van der Waals surface area (Å²) in [6, 6.07) is 6.33. The minimum atomic E-state index is -3.40. The van der Waals surface area contributed by atoms with Crippen LogP contribution in [0.5, 0.6) is 0 Å². The predicted molar refractivity (Wildman–Crippen MR) is 70.5 cm³/mol. The van der Waals surface area contributed by atoms with E-state index in [0.29, 0.717) is 12.1 Å². The van der Waals surface area contributed by atoms with Gasteiger partial charge in [0.15, 0.2) is 0 Å². The molecule has 0 aromatic heterocycles. The second-order valence-electron chi connectivity index (χ2n) is 3.81. The Morgan fingerprint density at radius 2 is 1.89 bits per heavy atom. The number of hydrogen-bond donors (Lipinski definition) is 1. The monoisotopic (exact) mass is 267 g/mol. The average molecular weight is 267 g/mol. The molecule has 0 radical (unpaired) electrons. The van der Waals surface area contributed by atoms with Crippen molar-refractivity contribution in [3.63, 3.8) is 0 Å². The molecule has 18 heavy (non-hydrogen) atoms. The van der Waals surface area contributed by atoms with Gasteiger partial charge in [0, 0.05) is 19.2 Å². The second-order valence-corrected chi connectivity index (χ2v) is 5.86. The van der Waals surface area contributed by atoms with E-state index in [1.54, 1.807) is 19.2 Å². The van der Waals surface area contributed by atoms with Gasteiger partial charge in [0.05, 0.1) is 4.90 Å². The number of benzene rings is 1. The van der Waals surface area contributed by atoms with E-state index < -0.39 is 10.0 Å². The van der Waals surface area contributed by atoms with Crippen LogP contribution in [0, 0.1) is 11.8 Å². The predicted octanol–water partition coefficient (Wildman–Crippen LogP) is 1.06. The van der Waals surface area contributed by atoms with Gasteiger partial charge in [-0.1, -0.05) is 18.8 Å². The zero-order chi connectivity index (χ0) is 13.6. The van der Waals surface area contributed by atoms with Gasteiger partial charge >= 0.3 is 0 Å². The fourth-order valence-corrected chi connectivity index (χ4v) is 2.73. The number of aliphatic hydroxyl groups excluding tert-OH is 1. The lowest BCUT2D eigenvalue weighted by atomic mass is 10.2. The van der Waals surface area contributed by atoms with E-state index >= 15 is 0 Å². The largest absolute Gasteiger partial charge is 0.384 e. The molecule has 0 bridgehead atoms. The molecule has 0 amide bonds. The third-order valence-corrected chi connectivity index (χ3v) is 4.28. The maximum atomic E-state index is 12.1. The molecule has 0 fully saturated rings. The third kappa shape index (κ3) is 3.57. The van der Waals surface area contributed by atoms with Gasteiger partial charge in [-0.05, 0) is 30.7 Å². The standard InChI is InChI=1S/C13H17NO3S/c1-3-10-14(2)18(16,17)13-8-6-12(7-9-13)5-4-11-15/h6-9,15H,3,10-11H2,1-2H3. The van der Waals surface area contributed by atoms with Crippen LogP contribution in [0.25, 0.3) is 0 Å². The molecule has 0 unspecified atom stereocenters. The Balaban J connectivity index is 2.97. The highest BCUT2D eigenvalue weighted by molar-refractivity contribution is 7.89. The van der Waals surface area contributed by atoms with Crippen molar-refractivity contribution in [3.05, 3.63) is 29.8 Å². The number of hydrogen-bond acceptors (Lipinski definition) is 3. The molecule has 0 aliphatic rings. The first-order valence-electron chi connectivity index (χ1n) is 5.68. The minimum absolute atomic E-state index is 0.209. The summed E-state index contributed by atoms with van der Waals surface area (Å²) in [7, 11) is -1.83. The molecular formula is C13H17NO3S. The summed E-state index contributed by atoms with van der Waals surface area (Å²) in [5, 5.41) is 8.57. The Labute approximate surface area is 108 Å². The Kier molecular flexibility index (Phi) is 5.35. The Morgan fingerprint density at radius 3 is 2.39 bits per heavy atom. The maximum Gasteiger partial charge on any atom is 0.242 e. The van der Waals surface area contributed by atoms with Gasteiger partial charge in [-0.25, -0.2) is 12.7 Å². The summed E-state index contributed by atoms with van der Waals surface area (Å²) >= 11 is 0. The molecule has 0 aliphatic heterocycles. The van der Waals surface area contributed by atoms with Crippen molar-refractivity contribution < 1.29 is 13.5 Å². The normalized spacial score (nSPS) is 11.1. The molecule has 0 aliphatic carbocycles. The molecule has 1 aromatic rings. The lowest BCUT2D eigenvalue weighted by molar-refractivity contribution is 0.350. The number of rotatable bonds is 4. The van der Waals surface area contributed by atoms with Crippen LogP contribution >= 0.6 is 0 Å². The number of nitrogens with zero attached hydrogens (tertiary/aromatic N) is 1. The van der Waals surface area contributed by atoms with Crippen LogP contribution in [0.4, 0.5) is 0 Å². The van der Waals surface area contributed by atoms with Crippen LogP contribution < -0.4 is 0 Å². The maximum absolute atomic E-state index is 12.1. The highest BCUT2D eigenvalue weighted by Gasteiger charge is 2.19. The smallest absolute Gasteiger partial charge is 0.242 e. The molecule has 0 saturated carbocycles. The van der Waals surface area contributed by atoms with Crippen LogP contribution in [0.3, 0.4) is 0 Å². The molecule has 4 nitrogen and oxygen atoms in total. The van der Waals surface area contributed by atoms with Crippen molar-refractivity contribution in [1.29, 1.82) is 0 Å². The lowest BCUT2D eigenvalue weighted by Gasteiger charge is -2.16. The molecule has 5 heteroatoms. The SMILES string of the molecule is CCCN(C)S(=O)(=O)c1ccc(C#CCO)cc1. The summed E-state index contributed by atoms with van der Waals surface area (Å²) in [6.45, 7) is 2.22. The van der Waals surface area contributed by atoms with Crippen LogP contribution in [0.15, 0.2) is 29.2 Å². The second kappa shape index (κ2) is 6.55. The molecule has 0 atom stereocenters. The summed E-state index contributed by atoms with van der Waals surface area (Å²) < 4.78 is 25.5. The quantitative estimate of drug-likeness (QED) is 0.830. The van der Waals surface area contributed by atoms with Crippen molar-refractivity contribution in [2.75, 3.05) is 20.2 Å². The Hall–Kier alpha value is -1.35. The highest BCUT2D eigenvalue weighted by atomic mass is 32.2. The van der Waals surface area contributed by atoms with E-state index in [1.807, 2.05) is 6.92 Å². The van der Waals surface area contributed by atoms with Crippen LogP contribution in [0.2, 0.25) is 0 Å². The van der Waals surface area contributed by atoms with Gasteiger partial charge in [-0.3, -0.25) is 0 Å². The van der Waals surface area contributed by atoms with Crippen LogP contribution in [0.1, 0.15) is 18.9 Å². The highest BCUT2D eigenvalue weighted by Crippen LogP contribution is 2.15. The van der Waals surface area contributed by atoms with Crippen molar-refractivity contribution in [2.45, 2.75) is 18.2 Å². The lowest BCUT2D eigenvalue weighted by Crippen LogP contribution is -2.27. The minimum Gasteiger partial charge on any atom is -0.384 e. The van der Waals surface area contributed by atoms with E-state index in [0.717, 1.165) is 6.42 Å². The van der Waals surface area contributed by atoms with Crippen LogP contribution in [-0.4, -0.2) is 38.0 Å². The van der Waals surface area contributed by atoms with Crippen molar-refractivity contribution in [2.24, 2.45) is 0 Å². The molecule has 1 N–H and O–H groups in total. The van der Waals surface area contributed by atoms with Gasteiger partial charge in [-0.15, -0.1) is 0 Å². The molecule has 1 aromatic carbocycles. The summed E-state index contributed by atoms with van der Waals surface area (Å²) in [5.74, 6) is 5.23. The first-order valence-corrected chi connectivity index (χ1v) is 7.12. The van der Waals surface area contributed by atoms with Crippen molar-refractivity contribution >= 4 is 10.0 Å². The third-order valence-electron chi connectivity index (χ3n) is 2.41. The van der Waals surface area contributed by atoms with E-state index in [9.17, 15) is 8.42 Å². The number of aliphatic hydroxyl groups is 1. The van der Waals surface area contributed by atoms with Gasteiger partial charge in [0.2, 0.25) is 10.0 Å². The number of sulfonamides is 1. The van der Waals surface area contributed by atoms with Gasteiger partial charge in [0.25, 0.3) is 0 Å². The molecular weight excluding hydrogens is 250 g/mol. The van der Waals surface area contributed by atoms with Gasteiger partial charge in [-0.2, -0.15) is 0 Å². The summed E-state index contributed by atoms with van der Waals surface area (Å²) in [4.78, 5) is 0.257.